The van der Waals surface area contributed by atoms with Gasteiger partial charge in [-0.2, -0.15) is 0 Å². The van der Waals surface area contributed by atoms with Crippen LogP contribution in [-0.4, -0.2) is 26.3 Å². The molecule has 2 heteroatoms. The number of ether oxygens (including phenoxy) is 1. The average Bonchev–Trinajstić information content (AvgIpc) is 2.30. The summed E-state index contributed by atoms with van der Waals surface area (Å²) in [5.41, 5.74) is 1.38. The molecule has 0 bridgehead atoms. The summed E-state index contributed by atoms with van der Waals surface area (Å²) in [7, 11) is 1.81. The highest BCUT2D eigenvalue weighted by Gasteiger charge is 2.25. The molecule has 2 rings (SSSR count). The Labute approximate surface area is 85.3 Å². The third kappa shape index (κ3) is 1.97. The van der Waals surface area contributed by atoms with Crippen LogP contribution in [0, 0.1) is 0 Å². The number of rotatable bonds is 2. The zero-order valence-electron chi connectivity index (χ0n) is 8.57. The van der Waals surface area contributed by atoms with Crippen molar-refractivity contribution in [3.05, 3.63) is 35.9 Å². The van der Waals surface area contributed by atoms with E-state index in [-0.39, 0.29) is 0 Å². The molecule has 1 aliphatic rings. The monoisotopic (exact) mass is 191 g/mol. The molecule has 14 heavy (non-hydrogen) atoms. The lowest BCUT2D eigenvalue weighted by Crippen LogP contribution is -2.39. The number of hydrogen-bond acceptors (Lipinski definition) is 2. The Morgan fingerprint density at radius 3 is 2.79 bits per heavy atom. The van der Waals surface area contributed by atoms with Crippen LogP contribution in [-0.2, 0) is 4.74 Å². The molecule has 0 saturated carbocycles. The van der Waals surface area contributed by atoms with Crippen LogP contribution in [0.25, 0.3) is 0 Å². The fourth-order valence-electron chi connectivity index (χ4n) is 2.15. The van der Waals surface area contributed by atoms with E-state index in [9.17, 15) is 0 Å². The van der Waals surface area contributed by atoms with Crippen molar-refractivity contribution in [2.24, 2.45) is 0 Å². The molecule has 0 unspecified atom stereocenters. The van der Waals surface area contributed by atoms with Gasteiger partial charge in [-0.1, -0.05) is 30.3 Å². The van der Waals surface area contributed by atoms with Gasteiger partial charge in [-0.25, -0.2) is 0 Å². The van der Waals surface area contributed by atoms with Gasteiger partial charge in [-0.3, -0.25) is 0 Å². The van der Waals surface area contributed by atoms with Crippen molar-refractivity contribution in [3.8, 4) is 0 Å². The molecule has 1 saturated heterocycles. The highest BCUT2D eigenvalue weighted by Crippen LogP contribution is 2.25. The molecular formula is C12H17NO. The van der Waals surface area contributed by atoms with Crippen molar-refractivity contribution in [2.45, 2.75) is 18.4 Å². The minimum Gasteiger partial charge on any atom is -0.381 e. The largest absolute Gasteiger partial charge is 0.381 e. The van der Waals surface area contributed by atoms with Crippen molar-refractivity contribution in [1.82, 2.24) is 5.32 Å². The number of methoxy groups -OCH3 is 1. The second kappa shape index (κ2) is 4.58. The number of benzene rings is 1. The van der Waals surface area contributed by atoms with E-state index in [2.05, 4.69) is 35.6 Å². The molecule has 1 aliphatic heterocycles. The van der Waals surface area contributed by atoms with Gasteiger partial charge in [0.05, 0.1) is 6.10 Å². The minimum atomic E-state index is 0.374. The average molecular weight is 191 g/mol. The van der Waals surface area contributed by atoms with Gasteiger partial charge < -0.3 is 10.1 Å². The summed E-state index contributed by atoms with van der Waals surface area (Å²) in [6.45, 7) is 2.10. The molecule has 0 radical (unpaired) electrons. The highest BCUT2D eigenvalue weighted by atomic mass is 16.5. The van der Waals surface area contributed by atoms with Crippen LogP contribution in [0.3, 0.4) is 0 Å². The Kier molecular flexibility index (Phi) is 3.17. The Morgan fingerprint density at radius 2 is 2.07 bits per heavy atom. The molecule has 0 spiro atoms. The predicted molar refractivity (Wildman–Crippen MR) is 57.5 cm³/mol. The van der Waals surface area contributed by atoms with E-state index >= 15 is 0 Å². The van der Waals surface area contributed by atoms with Crippen LogP contribution in [0.15, 0.2) is 30.3 Å². The van der Waals surface area contributed by atoms with E-state index in [0.717, 1.165) is 19.5 Å². The molecule has 1 aromatic rings. The van der Waals surface area contributed by atoms with E-state index in [1.807, 2.05) is 7.11 Å². The van der Waals surface area contributed by atoms with E-state index in [0.29, 0.717) is 12.0 Å². The summed E-state index contributed by atoms with van der Waals surface area (Å²) in [6.07, 6.45) is 1.48. The molecule has 1 fully saturated rings. The first-order valence-corrected chi connectivity index (χ1v) is 5.20. The maximum Gasteiger partial charge on any atom is 0.0664 e. The molecule has 2 atom stereocenters. The van der Waals surface area contributed by atoms with Gasteiger partial charge in [-0.15, -0.1) is 0 Å². The molecule has 76 valence electrons. The predicted octanol–water partition coefficient (Wildman–Crippen LogP) is 1.78. The summed E-state index contributed by atoms with van der Waals surface area (Å²) >= 11 is 0. The normalized spacial score (nSPS) is 27.5. The van der Waals surface area contributed by atoms with Crippen LogP contribution in [0.1, 0.15) is 17.9 Å². The van der Waals surface area contributed by atoms with E-state index < -0.39 is 0 Å². The topological polar surface area (TPSA) is 21.3 Å². The Morgan fingerprint density at radius 1 is 1.29 bits per heavy atom. The summed E-state index contributed by atoms with van der Waals surface area (Å²) in [6, 6.07) is 10.6. The quantitative estimate of drug-likeness (QED) is 0.769. The SMILES string of the molecule is CO[C@H]1CCNC[C@@H]1c1ccccc1. The number of nitrogens with one attached hydrogen (secondary N) is 1. The molecule has 0 aromatic heterocycles. The molecule has 1 heterocycles. The fraction of sp³-hybridized carbons (Fsp3) is 0.500. The Balaban J connectivity index is 2.15. The van der Waals surface area contributed by atoms with Gasteiger partial charge >= 0.3 is 0 Å². The van der Waals surface area contributed by atoms with Crippen molar-refractivity contribution in [3.63, 3.8) is 0 Å². The Hall–Kier alpha value is -0.860. The Bertz CT molecular complexity index is 273. The smallest absolute Gasteiger partial charge is 0.0664 e. The third-order valence-electron chi connectivity index (χ3n) is 2.95. The molecule has 1 N–H and O–H groups in total. The van der Waals surface area contributed by atoms with Crippen LogP contribution < -0.4 is 5.32 Å². The first-order chi connectivity index (χ1) is 6.92. The van der Waals surface area contributed by atoms with Gasteiger partial charge in [-0.05, 0) is 18.5 Å². The second-order valence-electron chi connectivity index (χ2n) is 3.78. The van der Waals surface area contributed by atoms with Gasteiger partial charge in [0, 0.05) is 19.6 Å². The highest BCUT2D eigenvalue weighted by molar-refractivity contribution is 5.21. The first-order valence-electron chi connectivity index (χ1n) is 5.20. The van der Waals surface area contributed by atoms with Gasteiger partial charge in [0.1, 0.15) is 0 Å². The van der Waals surface area contributed by atoms with Gasteiger partial charge in [0.2, 0.25) is 0 Å². The second-order valence-corrected chi connectivity index (χ2v) is 3.78. The number of hydrogen-bond donors (Lipinski definition) is 1. The van der Waals surface area contributed by atoms with Crippen LogP contribution in [0.5, 0.6) is 0 Å². The maximum atomic E-state index is 5.52. The summed E-state index contributed by atoms with van der Waals surface area (Å²) in [4.78, 5) is 0. The van der Waals surface area contributed by atoms with Crippen LogP contribution in [0.2, 0.25) is 0 Å². The van der Waals surface area contributed by atoms with E-state index in [1.54, 1.807) is 0 Å². The van der Waals surface area contributed by atoms with E-state index in [4.69, 9.17) is 4.74 Å². The molecule has 2 nitrogen and oxygen atoms in total. The number of piperidine rings is 1. The van der Waals surface area contributed by atoms with Gasteiger partial charge in [0.25, 0.3) is 0 Å². The molecule has 1 aromatic carbocycles. The van der Waals surface area contributed by atoms with Crippen LogP contribution >= 0.6 is 0 Å². The molecular weight excluding hydrogens is 174 g/mol. The maximum absolute atomic E-state index is 5.52. The van der Waals surface area contributed by atoms with Crippen LogP contribution in [0.4, 0.5) is 0 Å². The first kappa shape index (κ1) is 9.69. The lowest BCUT2D eigenvalue weighted by atomic mass is 9.89. The van der Waals surface area contributed by atoms with E-state index in [1.165, 1.54) is 5.56 Å². The zero-order valence-corrected chi connectivity index (χ0v) is 8.57. The van der Waals surface area contributed by atoms with Crippen molar-refractivity contribution in [2.75, 3.05) is 20.2 Å². The molecule has 0 aliphatic carbocycles. The van der Waals surface area contributed by atoms with Crippen molar-refractivity contribution >= 4 is 0 Å². The van der Waals surface area contributed by atoms with Crippen molar-refractivity contribution < 1.29 is 4.74 Å². The standard InChI is InChI=1S/C12H17NO/c1-14-12-7-8-13-9-11(12)10-5-3-2-4-6-10/h2-6,11-13H,7-9H2,1H3/t11-,12+/m1/s1. The summed E-state index contributed by atoms with van der Waals surface area (Å²) < 4.78 is 5.52. The lowest BCUT2D eigenvalue weighted by molar-refractivity contribution is 0.0586. The zero-order chi connectivity index (χ0) is 9.80. The van der Waals surface area contributed by atoms with Crippen molar-refractivity contribution in [1.29, 1.82) is 0 Å². The van der Waals surface area contributed by atoms with Gasteiger partial charge in [0.15, 0.2) is 0 Å². The summed E-state index contributed by atoms with van der Waals surface area (Å²) in [5.74, 6) is 0.509. The summed E-state index contributed by atoms with van der Waals surface area (Å²) in [5, 5.41) is 3.42. The fourth-order valence-corrected chi connectivity index (χ4v) is 2.15. The molecule has 0 amide bonds. The minimum absolute atomic E-state index is 0.374. The third-order valence-corrected chi connectivity index (χ3v) is 2.95. The lowest BCUT2D eigenvalue weighted by Gasteiger charge is -2.31.